The van der Waals surface area contributed by atoms with Gasteiger partial charge in [0, 0.05) is 0 Å². The lowest BCUT2D eigenvalue weighted by Gasteiger charge is -2.33. The van der Waals surface area contributed by atoms with Crippen LogP contribution >= 0.6 is 0 Å². The van der Waals surface area contributed by atoms with E-state index in [1.807, 2.05) is 0 Å². The lowest BCUT2D eigenvalue weighted by Crippen LogP contribution is -2.45. The first-order valence-electron chi connectivity index (χ1n) is 7.85. The standard InChI is InChI=1S/C17H22N2O3/c1-12-7-9-18(10-8-12)15-11-16(20)19(17(15)21)13-3-5-14(22-2)6-4-13/h3-6,12,15H,7-11H2,1-2H3/t15-/m1/s1. The topological polar surface area (TPSA) is 49.9 Å². The smallest absolute Gasteiger partial charge is 0.251 e. The maximum absolute atomic E-state index is 12.7. The van der Waals surface area contributed by atoms with Gasteiger partial charge in [-0.3, -0.25) is 14.5 Å². The van der Waals surface area contributed by atoms with Crippen molar-refractivity contribution in [3.8, 4) is 5.75 Å². The van der Waals surface area contributed by atoms with Crippen LogP contribution in [-0.4, -0.2) is 43.0 Å². The summed E-state index contributed by atoms with van der Waals surface area (Å²) in [5.41, 5.74) is 0.628. The molecule has 0 N–H and O–H groups in total. The molecular formula is C17H22N2O3. The molecule has 2 saturated heterocycles. The number of benzene rings is 1. The Morgan fingerprint density at radius 3 is 2.32 bits per heavy atom. The van der Waals surface area contributed by atoms with E-state index < -0.39 is 0 Å². The van der Waals surface area contributed by atoms with Crippen molar-refractivity contribution in [2.24, 2.45) is 5.92 Å². The Morgan fingerprint density at radius 2 is 1.73 bits per heavy atom. The highest BCUT2D eigenvalue weighted by Gasteiger charge is 2.43. The van der Waals surface area contributed by atoms with Gasteiger partial charge in [-0.05, 0) is 56.1 Å². The van der Waals surface area contributed by atoms with Crippen molar-refractivity contribution in [2.75, 3.05) is 25.1 Å². The quantitative estimate of drug-likeness (QED) is 0.802. The monoisotopic (exact) mass is 302 g/mol. The van der Waals surface area contributed by atoms with Gasteiger partial charge in [0.2, 0.25) is 5.91 Å². The lowest BCUT2D eigenvalue weighted by atomic mass is 9.97. The Labute approximate surface area is 130 Å². The summed E-state index contributed by atoms with van der Waals surface area (Å²) in [5, 5.41) is 0. The minimum atomic E-state index is -0.290. The summed E-state index contributed by atoms with van der Waals surface area (Å²) >= 11 is 0. The van der Waals surface area contributed by atoms with E-state index in [0.29, 0.717) is 23.8 Å². The van der Waals surface area contributed by atoms with Gasteiger partial charge in [-0.25, -0.2) is 4.90 Å². The van der Waals surface area contributed by atoms with Crippen LogP contribution in [0.15, 0.2) is 24.3 Å². The average Bonchev–Trinajstić information content (AvgIpc) is 2.83. The molecule has 0 unspecified atom stereocenters. The van der Waals surface area contributed by atoms with E-state index in [2.05, 4.69) is 11.8 Å². The van der Waals surface area contributed by atoms with E-state index in [1.54, 1.807) is 31.4 Å². The first-order valence-corrected chi connectivity index (χ1v) is 7.85. The maximum atomic E-state index is 12.7. The van der Waals surface area contributed by atoms with Crippen molar-refractivity contribution in [2.45, 2.75) is 32.2 Å². The molecule has 1 atom stereocenters. The molecule has 2 aliphatic heterocycles. The number of anilines is 1. The number of likely N-dealkylation sites (tertiary alicyclic amines) is 1. The van der Waals surface area contributed by atoms with Crippen LogP contribution in [0.2, 0.25) is 0 Å². The summed E-state index contributed by atoms with van der Waals surface area (Å²) in [6, 6.07) is 6.77. The number of amides is 2. The number of nitrogens with zero attached hydrogens (tertiary/aromatic N) is 2. The minimum absolute atomic E-state index is 0.0929. The second kappa shape index (κ2) is 6.08. The zero-order valence-corrected chi connectivity index (χ0v) is 13.1. The van der Waals surface area contributed by atoms with Crippen molar-refractivity contribution in [1.29, 1.82) is 0 Å². The van der Waals surface area contributed by atoms with E-state index in [1.165, 1.54) is 4.90 Å². The fourth-order valence-corrected chi connectivity index (χ4v) is 3.24. The predicted molar refractivity (Wildman–Crippen MR) is 83.9 cm³/mol. The molecule has 3 rings (SSSR count). The maximum Gasteiger partial charge on any atom is 0.251 e. The van der Waals surface area contributed by atoms with Gasteiger partial charge in [0.15, 0.2) is 0 Å². The number of rotatable bonds is 3. The molecule has 5 heteroatoms. The number of hydrogen-bond donors (Lipinski definition) is 0. The van der Waals surface area contributed by atoms with Gasteiger partial charge in [0.1, 0.15) is 5.75 Å². The van der Waals surface area contributed by atoms with Gasteiger partial charge in [-0.1, -0.05) is 6.92 Å². The molecule has 0 aliphatic carbocycles. The molecule has 22 heavy (non-hydrogen) atoms. The van der Waals surface area contributed by atoms with Crippen LogP contribution < -0.4 is 9.64 Å². The largest absolute Gasteiger partial charge is 0.497 e. The summed E-state index contributed by atoms with van der Waals surface area (Å²) in [7, 11) is 1.59. The highest BCUT2D eigenvalue weighted by atomic mass is 16.5. The van der Waals surface area contributed by atoms with Crippen molar-refractivity contribution in [1.82, 2.24) is 4.90 Å². The number of methoxy groups -OCH3 is 1. The summed E-state index contributed by atoms with van der Waals surface area (Å²) in [4.78, 5) is 28.5. The van der Waals surface area contributed by atoms with E-state index >= 15 is 0 Å². The van der Waals surface area contributed by atoms with Crippen LogP contribution in [-0.2, 0) is 9.59 Å². The van der Waals surface area contributed by atoms with Crippen molar-refractivity contribution >= 4 is 17.5 Å². The number of ether oxygens (including phenoxy) is 1. The van der Waals surface area contributed by atoms with E-state index in [9.17, 15) is 9.59 Å². The van der Waals surface area contributed by atoms with Crippen LogP contribution in [0, 0.1) is 5.92 Å². The van der Waals surface area contributed by atoms with Gasteiger partial charge in [-0.15, -0.1) is 0 Å². The van der Waals surface area contributed by atoms with Gasteiger partial charge in [0.05, 0.1) is 25.3 Å². The normalized spacial score (nSPS) is 24.1. The Balaban J connectivity index is 1.76. The van der Waals surface area contributed by atoms with Gasteiger partial charge >= 0.3 is 0 Å². The van der Waals surface area contributed by atoms with Crippen molar-refractivity contribution in [3.63, 3.8) is 0 Å². The molecule has 2 aliphatic rings. The molecule has 0 saturated carbocycles. The first kappa shape index (κ1) is 15.0. The van der Waals surface area contributed by atoms with E-state index in [0.717, 1.165) is 25.9 Å². The van der Waals surface area contributed by atoms with Crippen molar-refractivity contribution in [3.05, 3.63) is 24.3 Å². The Kier molecular flexibility index (Phi) is 4.16. The van der Waals surface area contributed by atoms with Crippen LogP contribution in [0.3, 0.4) is 0 Å². The van der Waals surface area contributed by atoms with Crippen LogP contribution in [0.4, 0.5) is 5.69 Å². The molecule has 5 nitrogen and oxygen atoms in total. The Hall–Kier alpha value is -1.88. The summed E-state index contributed by atoms with van der Waals surface area (Å²) in [6.45, 7) is 4.05. The lowest BCUT2D eigenvalue weighted by molar-refractivity contribution is -0.123. The molecule has 0 bridgehead atoms. The number of carbonyl (C=O) groups excluding carboxylic acids is 2. The minimum Gasteiger partial charge on any atom is -0.497 e. The van der Waals surface area contributed by atoms with Crippen LogP contribution in [0.1, 0.15) is 26.2 Å². The fourth-order valence-electron chi connectivity index (χ4n) is 3.24. The van der Waals surface area contributed by atoms with Gasteiger partial charge in [0.25, 0.3) is 5.91 Å². The Morgan fingerprint density at radius 1 is 1.09 bits per heavy atom. The molecule has 0 spiro atoms. The van der Waals surface area contributed by atoms with Crippen LogP contribution in [0.5, 0.6) is 5.75 Å². The SMILES string of the molecule is COc1ccc(N2C(=O)C[C@@H](N3CCC(C)CC3)C2=O)cc1. The van der Waals surface area contributed by atoms with E-state index in [4.69, 9.17) is 4.74 Å². The second-order valence-corrected chi connectivity index (χ2v) is 6.20. The summed E-state index contributed by atoms with van der Waals surface area (Å²) in [6.07, 6.45) is 2.49. The number of carbonyl (C=O) groups is 2. The molecular weight excluding hydrogens is 280 g/mol. The highest BCUT2D eigenvalue weighted by molar-refractivity contribution is 6.22. The molecule has 118 valence electrons. The van der Waals surface area contributed by atoms with Crippen LogP contribution in [0.25, 0.3) is 0 Å². The molecule has 2 amide bonds. The molecule has 0 aromatic heterocycles. The third-order valence-electron chi connectivity index (χ3n) is 4.71. The first-order chi connectivity index (χ1) is 10.6. The number of piperidine rings is 1. The molecule has 0 radical (unpaired) electrons. The summed E-state index contributed by atoms with van der Waals surface area (Å²) < 4.78 is 5.12. The fraction of sp³-hybridized carbons (Fsp3) is 0.529. The zero-order valence-electron chi connectivity index (χ0n) is 13.1. The number of hydrogen-bond acceptors (Lipinski definition) is 4. The number of imide groups is 1. The van der Waals surface area contributed by atoms with Gasteiger partial charge in [-0.2, -0.15) is 0 Å². The van der Waals surface area contributed by atoms with Gasteiger partial charge < -0.3 is 4.74 Å². The van der Waals surface area contributed by atoms with Crippen molar-refractivity contribution < 1.29 is 14.3 Å². The zero-order chi connectivity index (χ0) is 15.7. The van der Waals surface area contributed by atoms with E-state index in [-0.39, 0.29) is 17.9 Å². The predicted octanol–water partition coefficient (Wildman–Crippen LogP) is 2.06. The third kappa shape index (κ3) is 2.73. The molecule has 2 fully saturated rings. The third-order valence-corrected chi connectivity index (χ3v) is 4.71. The molecule has 1 aromatic rings. The molecule has 2 heterocycles. The molecule has 1 aromatic carbocycles. The second-order valence-electron chi connectivity index (χ2n) is 6.20. The average molecular weight is 302 g/mol. The highest BCUT2D eigenvalue weighted by Crippen LogP contribution is 2.29. The summed E-state index contributed by atoms with van der Waals surface area (Å²) in [5.74, 6) is 1.22. The Bertz CT molecular complexity index is 562.